The van der Waals surface area contributed by atoms with Crippen molar-refractivity contribution < 1.29 is 9.59 Å². The molecule has 0 aromatic heterocycles. The molecule has 2 aromatic carbocycles. The molecule has 3 rings (SSSR count). The molecule has 1 aliphatic heterocycles. The molecule has 0 saturated heterocycles. The summed E-state index contributed by atoms with van der Waals surface area (Å²) >= 11 is 6.15. The van der Waals surface area contributed by atoms with Gasteiger partial charge in [0.25, 0.3) is 5.91 Å². The standard InChI is InChI=1S/C18H17ClN2O2/c1-11-6-8-12(9-7-11)10-14-18(23)21(2)15-5-3-4-13(19)16(15)17(22)20-14/h3-9,14H,10H2,1-2H3,(H,20,22)/t14-/m1/s1. The molecule has 0 radical (unpaired) electrons. The molecule has 1 heterocycles. The van der Waals surface area contributed by atoms with E-state index in [4.69, 9.17) is 11.6 Å². The van der Waals surface area contributed by atoms with Gasteiger partial charge < -0.3 is 10.2 Å². The third kappa shape index (κ3) is 2.94. The third-order valence-electron chi connectivity index (χ3n) is 4.07. The van der Waals surface area contributed by atoms with E-state index >= 15 is 0 Å². The molecule has 1 aliphatic rings. The van der Waals surface area contributed by atoms with Crippen molar-refractivity contribution in [2.75, 3.05) is 11.9 Å². The second-order valence-electron chi connectivity index (χ2n) is 5.75. The number of hydrogen-bond acceptors (Lipinski definition) is 2. The molecule has 4 nitrogen and oxygen atoms in total. The van der Waals surface area contributed by atoms with Gasteiger partial charge in [0.05, 0.1) is 16.3 Å². The third-order valence-corrected chi connectivity index (χ3v) is 4.39. The van der Waals surface area contributed by atoms with Crippen LogP contribution in [-0.4, -0.2) is 24.9 Å². The highest BCUT2D eigenvalue weighted by Gasteiger charge is 2.32. The predicted octanol–water partition coefficient (Wildman–Crippen LogP) is 2.97. The van der Waals surface area contributed by atoms with E-state index in [0.29, 0.717) is 22.7 Å². The molecule has 5 heteroatoms. The van der Waals surface area contributed by atoms with Crippen LogP contribution in [0.3, 0.4) is 0 Å². The van der Waals surface area contributed by atoms with Gasteiger partial charge in [0.2, 0.25) is 5.91 Å². The van der Waals surface area contributed by atoms with Crippen LogP contribution < -0.4 is 10.2 Å². The number of fused-ring (bicyclic) bond motifs is 1. The fourth-order valence-corrected chi connectivity index (χ4v) is 3.02. The Balaban J connectivity index is 1.94. The smallest absolute Gasteiger partial charge is 0.255 e. The maximum absolute atomic E-state index is 12.7. The molecule has 0 unspecified atom stereocenters. The van der Waals surface area contributed by atoms with E-state index in [9.17, 15) is 9.59 Å². The molecular formula is C18H17ClN2O2. The van der Waals surface area contributed by atoms with Crippen LogP contribution in [0.5, 0.6) is 0 Å². The molecule has 1 N–H and O–H groups in total. The van der Waals surface area contributed by atoms with E-state index in [1.165, 1.54) is 4.90 Å². The number of anilines is 1. The Morgan fingerprint density at radius 2 is 1.83 bits per heavy atom. The highest BCUT2D eigenvalue weighted by Crippen LogP contribution is 2.29. The van der Waals surface area contributed by atoms with Gasteiger partial charge in [0.1, 0.15) is 6.04 Å². The van der Waals surface area contributed by atoms with Crippen molar-refractivity contribution >= 4 is 29.1 Å². The molecule has 2 aromatic rings. The number of nitrogens with zero attached hydrogens (tertiary/aromatic N) is 1. The number of likely N-dealkylation sites (N-methyl/N-ethyl adjacent to an activating group) is 1. The van der Waals surface area contributed by atoms with E-state index in [-0.39, 0.29) is 11.8 Å². The average Bonchev–Trinajstić information content (AvgIpc) is 2.62. The highest BCUT2D eigenvalue weighted by molar-refractivity contribution is 6.35. The number of amides is 2. The van der Waals surface area contributed by atoms with E-state index < -0.39 is 6.04 Å². The maximum Gasteiger partial charge on any atom is 0.255 e. The Hall–Kier alpha value is -2.33. The second kappa shape index (κ2) is 6.05. The van der Waals surface area contributed by atoms with Gasteiger partial charge in [-0.3, -0.25) is 9.59 Å². The monoisotopic (exact) mass is 328 g/mol. The number of hydrogen-bond donors (Lipinski definition) is 1. The van der Waals surface area contributed by atoms with Crippen molar-refractivity contribution in [2.45, 2.75) is 19.4 Å². The van der Waals surface area contributed by atoms with Crippen molar-refractivity contribution in [1.82, 2.24) is 5.32 Å². The Kier molecular flexibility index (Phi) is 4.09. The van der Waals surface area contributed by atoms with Crippen molar-refractivity contribution in [1.29, 1.82) is 0 Å². The zero-order chi connectivity index (χ0) is 16.6. The van der Waals surface area contributed by atoms with Crippen LogP contribution in [0, 0.1) is 6.92 Å². The van der Waals surface area contributed by atoms with Crippen molar-refractivity contribution in [3.63, 3.8) is 0 Å². The Labute approximate surface area is 140 Å². The summed E-state index contributed by atoms with van der Waals surface area (Å²) in [6, 6.07) is 12.4. The average molecular weight is 329 g/mol. The van der Waals surface area contributed by atoms with Gasteiger partial charge in [0.15, 0.2) is 0 Å². The lowest BCUT2D eigenvalue weighted by Gasteiger charge is -2.21. The molecule has 0 aliphatic carbocycles. The first-order valence-electron chi connectivity index (χ1n) is 7.40. The van der Waals surface area contributed by atoms with Crippen molar-refractivity contribution in [3.05, 3.63) is 64.2 Å². The summed E-state index contributed by atoms with van der Waals surface area (Å²) in [6.45, 7) is 2.01. The SMILES string of the molecule is Cc1ccc(C[C@H]2NC(=O)c3c(Cl)cccc3N(C)C2=O)cc1. The van der Waals surface area contributed by atoms with E-state index in [2.05, 4.69) is 5.32 Å². The Morgan fingerprint density at radius 1 is 1.13 bits per heavy atom. The zero-order valence-electron chi connectivity index (χ0n) is 13.0. The largest absolute Gasteiger partial charge is 0.340 e. The molecule has 2 amide bonds. The first kappa shape index (κ1) is 15.6. The number of nitrogens with one attached hydrogen (secondary N) is 1. The molecule has 118 valence electrons. The van der Waals surface area contributed by atoms with Gasteiger partial charge in [0, 0.05) is 13.5 Å². The normalized spacial score (nSPS) is 17.5. The number of halogens is 1. The van der Waals surface area contributed by atoms with Gasteiger partial charge in [-0.15, -0.1) is 0 Å². The van der Waals surface area contributed by atoms with Gasteiger partial charge in [-0.1, -0.05) is 47.5 Å². The molecule has 23 heavy (non-hydrogen) atoms. The van der Waals surface area contributed by atoms with E-state index in [1.807, 2.05) is 31.2 Å². The van der Waals surface area contributed by atoms with Crippen LogP contribution in [0.4, 0.5) is 5.69 Å². The van der Waals surface area contributed by atoms with Crippen LogP contribution in [0.25, 0.3) is 0 Å². The minimum Gasteiger partial charge on any atom is -0.340 e. The number of rotatable bonds is 2. The highest BCUT2D eigenvalue weighted by atomic mass is 35.5. The Morgan fingerprint density at radius 3 is 2.52 bits per heavy atom. The number of aryl methyl sites for hydroxylation is 1. The fourth-order valence-electron chi connectivity index (χ4n) is 2.76. The second-order valence-corrected chi connectivity index (χ2v) is 6.15. The lowest BCUT2D eigenvalue weighted by molar-refractivity contribution is -0.120. The number of carbonyl (C=O) groups is 2. The predicted molar refractivity (Wildman–Crippen MR) is 91.0 cm³/mol. The maximum atomic E-state index is 12.7. The van der Waals surface area contributed by atoms with Crippen LogP contribution in [-0.2, 0) is 11.2 Å². The summed E-state index contributed by atoms with van der Waals surface area (Å²) in [7, 11) is 1.67. The molecular weight excluding hydrogens is 312 g/mol. The van der Waals surface area contributed by atoms with Crippen LogP contribution in [0.1, 0.15) is 21.5 Å². The van der Waals surface area contributed by atoms with E-state index in [1.54, 1.807) is 25.2 Å². The topological polar surface area (TPSA) is 49.4 Å². The summed E-state index contributed by atoms with van der Waals surface area (Å²) in [6.07, 6.45) is 0.445. The molecule has 1 atom stereocenters. The van der Waals surface area contributed by atoms with Gasteiger partial charge in [-0.2, -0.15) is 0 Å². The molecule has 0 bridgehead atoms. The summed E-state index contributed by atoms with van der Waals surface area (Å²) in [4.78, 5) is 26.7. The van der Waals surface area contributed by atoms with Crippen LogP contribution in [0.15, 0.2) is 42.5 Å². The Bertz CT molecular complexity index is 771. The number of carbonyl (C=O) groups excluding carboxylic acids is 2. The summed E-state index contributed by atoms with van der Waals surface area (Å²) in [5, 5.41) is 3.15. The quantitative estimate of drug-likeness (QED) is 0.921. The zero-order valence-corrected chi connectivity index (χ0v) is 13.7. The minimum absolute atomic E-state index is 0.153. The lowest BCUT2D eigenvalue weighted by Crippen LogP contribution is -2.45. The number of benzene rings is 2. The first-order chi connectivity index (χ1) is 11.0. The summed E-state index contributed by atoms with van der Waals surface area (Å²) < 4.78 is 0. The van der Waals surface area contributed by atoms with Gasteiger partial charge in [-0.25, -0.2) is 0 Å². The minimum atomic E-state index is -0.612. The van der Waals surface area contributed by atoms with Crippen LogP contribution in [0.2, 0.25) is 5.02 Å². The van der Waals surface area contributed by atoms with Gasteiger partial charge >= 0.3 is 0 Å². The fraction of sp³-hybridized carbons (Fsp3) is 0.222. The van der Waals surface area contributed by atoms with Crippen molar-refractivity contribution in [2.24, 2.45) is 0 Å². The summed E-state index contributed by atoms with van der Waals surface area (Å²) in [5.41, 5.74) is 3.03. The van der Waals surface area contributed by atoms with Crippen molar-refractivity contribution in [3.8, 4) is 0 Å². The van der Waals surface area contributed by atoms with E-state index in [0.717, 1.165) is 11.1 Å². The first-order valence-corrected chi connectivity index (χ1v) is 7.77. The van der Waals surface area contributed by atoms with Gasteiger partial charge in [-0.05, 0) is 24.6 Å². The lowest BCUT2D eigenvalue weighted by atomic mass is 10.0. The molecule has 0 spiro atoms. The molecule has 0 fully saturated rings. The summed E-state index contributed by atoms with van der Waals surface area (Å²) in [5.74, 6) is -0.472. The molecule has 0 saturated carbocycles. The van der Waals surface area contributed by atoms with Crippen LogP contribution >= 0.6 is 11.6 Å².